The lowest BCUT2D eigenvalue weighted by atomic mass is 10.0. The zero-order valence-corrected chi connectivity index (χ0v) is 16.5. The van der Waals surface area contributed by atoms with Crippen molar-refractivity contribution < 1.29 is 14.7 Å². The van der Waals surface area contributed by atoms with Crippen LogP contribution in [0, 0.1) is 0 Å². The van der Waals surface area contributed by atoms with Crippen LogP contribution >= 0.6 is 11.3 Å². The summed E-state index contributed by atoms with van der Waals surface area (Å²) in [7, 11) is 0. The van der Waals surface area contributed by atoms with Crippen molar-refractivity contribution in [2.75, 3.05) is 0 Å². The van der Waals surface area contributed by atoms with Crippen molar-refractivity contribution in [2.45, 2.75) is 44.6 Å². The third-order valence-corrected chi connectivity index (χ3v) is 5.66. The standard InChI is InChI=1S/C22H24N2O3S/c25-20(23-17(14-15-22(26)27)16-8-2-1-3-9-16)12-6-7-13-21-24-18-10-4-5-11-19(18)28-21/h1-5,8-11,17H,6-7,12-15H2,(H,23,25)(H,26,27). The second kappa shape index (κ2) is 9.99. The van der Waals surface area contributed by atoms with Crippen molar-refractivity contribution in [1.29, 1.82) is 0 Å². The summed E-state index contributed by atoms with van der Waals surface area (Å²) in [6, 6.07) is 17.4. The van der Waals surface area contributed by atoms with Gasteiger partial charge in [-0.1, -0.05) is 42.5 Å². The third-order valence-electron chi connectivity index (χ3n) is 4.57. The molecule has 28 heavy (non-hydrogen) atoms. The Kier molecular flexibility index (Phi) is 7.14. The van der Waals surface area contributed by atoms with E-state index in [4.69, 9.17) is 5.11 Å². The molecule has 0 saturated carbocycles. The monoisotopic (exact) mass is 396 g/mol. The Hall–Kier alpha value is -2.73. The van der Waals surface area contributed by atoms with Gasteiger partial charge in [-0.15, -0.1) is 11.3 Å². The van der Waals surface area contributed by atoms with E-state index < -0.39 is 5.97 Å². The summed E-state index contributed by atoms with van der Waals surface area (Å²) >= 11 is 1.71. The van der Waals surface area contributed by atoms with Crippen LogP contribution in [-0.2, 0) is 16.0 Å². The summed E-state index contributed by atoms with van der Waals surface area (Å²) in [6.07, 6.45) is 3.39. The number of aryl methyl sites for hydroxylation is 1. The maximum absolute atomic E-state index is 12.4. The van der Waals surface area contributed by atoms with E-state index in [2.05, 4.69) is 16.4 Å². The zero-order valence-electron chi connectivity index (χ0n) is 15.6. The van der Waals surface area contributed by atoms with Gasteiger partial charge in [0.2, 0.25) is 5.91 Å². The number of carboxylic acids is 1. The van der Waals surface area contributed by atoms with E-state index in [9.17, 15) is 9.59 Å². The van der Waals surface area contributed by atoms with Gasteiger partial charge in [0.05, 0.1) is 21.3 Å². The van der Waals surface area contributed by atoms with Crippen molar-refractivity contribution in [3.63, 3.8) is 0 Å². The van der Waals surface area contributed by atoms with Crippen molar-refractivity contribution in [3.8, 4) is 0 Å². The number of fused-ring (bicyclic) bond motifs is 1. The van der Waals surface area contributed by atoms with Crippen molar-refractivity contribution in [2.24, 2.45) is 0 Å². The molecule has 146 valence electrons. The Labute approximate surface area is 168 Å². The molecule has 0 spiro atoms. The highest BCUT2D eigenvalue weighted by Gasteiger charge is 2.15. The largest absolute Gasteiger partial charge is 0.481 e. The highest BCUT2D eigenvalue weighted by atomic mass is 32.1. The minimum Gasteiger partial charge on any atom is -0.481 e. The second-order valence-electron chi connectivity index (χ2n) is 6.75. The smallest absolute Gasteiger partial charge is 0.303 e. The molecule has 2 aromatic carbocycles. The second-order valence-corrected chi connectivity index (χ2v) is 7.86. The highest BCUT2D eigenvalue weighted by Crippen LogP contribution is 2.23. The number of hydrogen-bond acceptors (Lipinski definition) is 4. The van der Waals surface area contributed by atoms with Crippen LogP contribution in [0.3, 0.4) is 0 Å². The third kappa shape index (κ3) is 5.89. The van der Waals surface area contributed by atoms with Gasteiger partial charge in [-0.3, -0.25) is 9.59 Å². The molecule has 0 aliphatic rings. The van der Waals surface area contributed by atoms with E-state index in [1.807, 2.05) is 48.5 Å². The van der Waals surface area contributed by atoms with Gasteiger partial charge in [-0.2, -0.15) is 0 Å². The molecule has 1 atom stereocenters. The molecule has 0 fully saturated rings. The molecule has 2 N–H and O–H groups in total. The minimum atomic E-state index is -0.856. The van der Waals surface area contributed by atoms with Gasteiger partial charge in [-0.25, -0.2) is 4.98 Å². The first-order valence-corrected chi connectivity index (χ1v) is 10.3. The molecular formula is C22H24N2O3S. The number of amides is 1. The first-order chi connectivity index (χ1) is 13.6. The molecule has 1 heterocycles. The molecule has 3 rings (SSSR count). The maximum atomic E-state index is 12.4. The number of unbranched alkanes of at least 4 members (excludes halogenated alkanes) is 1. The van der Waals surface area contributed by atoms with Gasteiger partial charge in [0.1, 0.15) is 0 Å². The number of hydrogen-bond donors (Lipinski definition) is 2. The lowest BCUT2D eigenvalue weighted by Crippen LogP contribution is -2.28. The number of rotatable bonds is 10. The van der Waals surface area contributed by atoms with E-state index in [-0.39, 0.29) is 18.4 Å². The van der Waals surface area contributed by atoms with E-state index in [1.54, 1.807) is 11.3 Å². The molecule has 1 amide bonds. The topological polar surface area (TPSA) is 79.3 Å². The van der Waals surface area contributed by atoms with Crippen LogP contribution in [0.25, 0.3) is 10.2 Å². The molecule has 6 heteroatoms. The molecule has 0 saturated heterocycles. The van der Waals surface area contributed by atoms with E-state index >= 15 is 0 Å². The molecule has 0 radical (unpaired) electrons. The van der Waals surface area contributed by atoms with Crippen LogP contribution in [0.2, 0.25) is 0 Å². The van der Waals surface area contributed by atoms with Gasteiger partial charge in [-0.05, 0) is 43.4 Å². The predicted octanol–water partition coefficient (Wildman–Crippen LogP) is 4.73. The molecule has 5 nitrogen and oxygen atoms in total. The summed E-state index contributed by atoms with van der Waals surface area (Å²) in [5, 5.41) is 13.1. The van der Waals surface area contributed by atoms with Crippen LogP contribution in [0.15, 0.2) is 54.6 Å². The van der Waals surface area contributed by atoms with Crippen molar-refractivity contribution in [1.82, 2.24) is 10.3 Å². The molecule has 1 aromatic heterocycles. The van der Waals surface area contributed by atoms with Crippen LogP contribution in [0.5, 0.6) is 0 Å². The van der Waals surface area contributed by atoms with Gasteiger partial charge in [0.25, 0.3) is 0 Å². The fourth-order valence-electron chi connectivity index (χ4n) is 3.13. The highest BCUT2D eigenvalue weighted by molar-refractivity contribution is 7.18. The number of benzene rings is 2. The molecule has 0 bridgehead atoms. The first-order valence-electron chi connectivity index (χ1n) is 9.52. The zero-order chi connectivity index (χ0) is 19.8. The fourth-order valence-corrected chi connectivity index (χ4v) is 4.14. The average molecular weight is 397 g/mol. The van der Waals surface area contributed by atoms with E-state index in [0.29, 0.717) is 12.8 Å². The Balaban J connectivity index is 1.46. The first kappa shape index (κ1) is 20.0. The number of para-hydroxylation sites is 1. The van der Waals surface area contributed by atoms with Crippen molar-refractivity contribution >= 4 is 33.4 Å². The lowest BCUT2D eigenvalue weighted by Gasteiger charge is -2.18. The number of carbonyl (C=O) groups is 2. The minimum absolute atomic E-state index is 0.0252. The summed E-state index contributed by atoms with van der Waals surface area (Å²) in [5.74, 6) is -0.894. The Bertz CT molecular complexity index is 891. The van der Waals surface area contributed by atoms with E-state index in [1.165, 1.54) is 4.70 Å². The lowest BCUT2D eigenvalue weighted by molar-refractivity contribution is -0.137. The van der Waals surface area contributed by atoms with E-state index in [0.717, 1.165) is 35.4 Å². The van der Waals surface area contributed by atoms with Gasteiger partial charge >= 0.3 is 5.97 Å². The number of carbonyl (C=O) groups excluding carboxylic acids is 1. The summed E-state index contributed by atoms with van der Waals surface area (Å²) < 4.78 is 1.19. The predicted molar refractivity (Wildman–Crippen MR) is 111 cm³/mol. The molecule has 3 aromatic rings. The number of aliphatic carboxylic acids is 1. The molecule has 0 aliphatic carbocycles. The Morgan fingerprint density at radius 1 is 1.00 bits per heavy atom. The maximum Gasteiger partial charge on any atom is 0.303 e. The van der Waals surface area contributed by atoms with Crippen LogP contribution < -0.4 is 5.32 Å². The van der Waals surface area contributed by atoms with Crippen LogP contribution in [0.1, 0.15) is 48.7 Å². The van der Waals surface area contributed by atoms with Crippen LogP contribution in [0.4, 0.5) is 0 Å². The summed E-state index contributed by atoms with van der Waals surface area (Å²) in [4.78, 5) is 27.9. The average Bonchev–Trinajstić information content (AvgIpc) is 3.12. The molecular weight excluding hydrogens is 372 g/mol. The summed E-state index contributed by atoms with van der Waals surface area (Å²) in [6.45, 7) is 0. The number of aromatic nitrogens is 1. The molecule has 0 aliphatic heterocycles. The Morgan fingerprint density at radius 3 is 2.50 bits per heavy atom. The number of carboxylic acid groups (broad SMARTS) is 1. The normalized spacial score (nSPS) is 12.0. The Morgan fingerprint density at radius 2 is 1.75 bits per heavy atom. The van der Waals surface area contributed by atoms with Crippen LogP contribution in [-0.4, -0.2) is 22.0 Å². The molecule has 1 unspecified atom stereocenters. The van der Waals surface area contributed by atoms with Crippen molar-refractivity contribution in [3.05, 3.63) is 65.2 Å². The number of nitrogens with one attached hydrogen (secondary N) is 1. The number of nitrogens with zero attached hydrogens (tertiary/aromatic N) is 1. The summed E-state index contributed by atoms with van der Waals surface area (Å²) in [5.41, 5.74) is 1.97. The quantitative estimate of drug-likeness (QED) is 0.486. The van der Waals surface area contributed by atoms with Gasteiger partial charge in [0, 0.05) is 12.8 Å². The SMILES string of the molecule is O=C(O)CCC(NC(=O)CCCCc1nc2ccccc2s1)c1ccccc1. The fraction of sp³-hybridized carbons (Fsp3) is 0.318. The number of thiazole rings is 1. The van der Waals surface area contributed by atoms with Gasteiger partial charge < -0.3 is 10.4 Å². The van der Waals surface area contributed by atoms with Gasteiger partial charge in [0.15, 0.2) is 0 Å².